The van der Waals surface area contributed by atoms with Gasteiger partial charge in [-0.15, -0.1) is 11.3 Å². The molecule has 1 N–H and O–H groups in total. The Morgan fingerprint density at radius 2 is 2.22 bits per heavy atom. The fraction of sp³-hybridized carbons (Fsp3) is 0.467. The first-order chi connectivity index (χ1) is 11.1. The average molecular weight is 333 g/mol. The number of anilines is 2. The lowest BCUT2D eigenvalue weighted by Crippen LogP contribution is -2.17. The third-order valence-electron chi connectivity index (χ3n) is 3.88. The maximum absolute atomic E-state index is 10.8. The van der Waals surface area contributed by atoms with Gasteiger partial charge in [-0.05, 0) is 25.8 Å². The van der Waals surface area contributed by atoms with Gasteiger partial charge in [-0.2, -0.15) is 0 Å². The van der Waals surface area contributed by atoms with Crippen LogP contribution >= 0.6 is 11.3 Å². The van der Waals surface area contributed by atoms with Crippen molar-refractivity contribution in [1.29, 1.82) is 0 Å². The molecule has 0 spiro atoms. The monoisotopic (exact) mass is 333 g/mol. The predicted octanol–water partition coefficient (Wildman–Crippen LogP) is 3.01. The van der Waals surface area contributed by atoms with Crippen molar-refractivity contribution in [1.82, 2.24) is 9.97 Å². The molecule has 0 bridgehead atoms. The van der Waals surface area contributed by atoms with Gasteiger partial charge in [0.05, 0.1) is 10.6 Å². The van der Waals surface area contributed by atoms with E-state index in [1.165, 1.54) is 19.0 Å². The molecule has 2 aromatic rings. The summed E-state index contributed by atoms with van der Waals surface area (Å²) in [6, 6.07) is 1.70. The van der Waals surface area contributed by atoms with Gasteiger partial charge in [0, 0.05) is 37.0 Å². The molecule has 0 aromatic carbocycles. The summed E-state index contributed by atoms with van der Waals surface area (Å²) in [5.41, 5.74) is 1.73. The number of hydrogen-bond donors (Lipinski definition) is 1. The highest BCUT2D eigenvalue weighted by Crippen LogP contribution is 2.24. The zero-order chi connectivity index (χ0) is 16.2. The van der Waals surface area contributed by atoms with E-state index >= 15 is 0 Å². The molecule has 2 aromatic heterocycles. The number of hydrogen-bond acceptors (Lipinski definition) is 7. The molecule has 0 unspecified atom stereocenters. The topological polar surface area (TPSA) is 84.2 Å². The molecule has 23 heavy (non-hydrogen) atoms. The molecule has 7 nitrogen and oxygen atoms in total. The second kappa shape index (κ2) is 6.91. The molecular weight excluding hydrogens is 314 g/mol. The molecule has 0 radical (unpaired) electrons. The van der Waals surface area contributed by atoms with Crippen LogP contribution in [0.2, 0.25) is 0 Å². The number of nitro groups is 1. The van der Waals surface area contributed by atoms with E-state index in [1.54, 1.807) is 24.3 Å². The van der Waals surface area contributed by atoms with Crippen LogP contribution in [0.15, 0.2) is 17.6 Å². The van der Waals surface area contributed by atoms with Gasteiger partial charge in [0.2, 0.25) is 0 Å². The summed E-state index contributed by atoms with van der Waals surface area (Å²) in [5, 5.41) is 17.2. The van der Waals surface area contributed by atoms with E-state index in [2.05, 4.69) is 25.6 Å². The van der Waals surface area contributed by atoms with Crippen molar-refractivity contribution in [3.63, 3.8) is 0 Å². The molecule has 1 aliphatic rings. The van der Waals surface area contributed by atoms with Crippen molar-refractivity contribution in [2.75, 3.05) is 29.9 Å². The second-order valence-electron chi connectivity index (χ2n) is 5.61. The van der Waals surface area contributed by atoms with E-state index in [0.717, 1.165) is 30.3 Å². The van der Waals surface area contributed by atoms with Gasteiger partial charge in [0.25, 0.3) is 5.69 Å². The lowest BCUT2D eigenvalue weighted by Gasteiger charge is -2.12. The number of aromatic nitrogens is 2. The fourth-order valence-corrected chi connectivity index (χ4v) is 3.53. The Hall–Kier alpha value is -2.22. The molecule has 3 rings (SSSR count). The van der Waals surface area contributed by atoms with Crippen LogP contribution in [0.5, 0.6) is 0 Å². The van der Waals surface area contributed by atoms with Crippen molar-refractivity contribution in [3.8, 4) is 0 Å². The van der Waals surface area contributed by atoms with E-state index in [-0.39, 0.29) is 5.69 Å². The molecule has 122 valence electrons. The largest absolute Gasteiger partial charge is 0.370 e. The average Bonchev–Trinajstić information content (AvgIpc) is 3.18. The SMILES string of the molecule is Cc1cc(NCCc2csc(N3CCCC3)n2)ncc1[N+](=O)[O-]. The van der Waals surface area contributed by atoms with Gasteiger partial charge in [-0.1, -0.05) is 0 Å². The van der Waals surface area contributed by atoms with Crippen LogP contribution in [0.1, 0.15) is 24.1 Å². The fourth-order valence-electron chi connectivity index (χ4n) is 2.62. The highest BCUT2D eigenvalue weighted by molar-refractivity contribution is 7.13. The molecular formula is C15H19N5O2S. The minimum atomic E-state index is -0.415. The Morgan fingerprint density at radius 3 is 2.91 bits per heavy atom. The van der Waals surface area contributed by atoms with Crippen LogP contribution in [-0.2, 0) is 6.42 Å². The molecule has 1 fully saturated rings. The highest BCUT2D eigenvalue weighted by atomic mass is 32.1. The van der Waals surface area contributed by atoms with Gasteiger partial charge in [0.15, 0.2) is 5.13 Å². The molecule has 8 heteroatoms. The molecule has 3 heterocycles. The van der Waals surface area contributed by atoms with Crippen molar-refractivity contribution in [3.05, 3.63) is 39.0 Å². The van der Waals surface area contributed by atoms with E-state index in [0.29, 0.717) is 17.9 Å². The first-order valence-corrected chi connectivity index (χ1v) is 8.56. The third-order valence-corrected chi connectivity index (χ3v) is 4.83. The summed E-state index contributed by atoms with van der Waals surface area (Å²) < 4.78 is 0. The van der Waals surface area contributed by atoms with E-state index in [9.17, 15) is 10.1 Å². The van der Waals surface area contributed by atoms with Crippen LogP contribution in [0.25, 0.3) is 0 Å². The van der Waals surface area contributed by atoms with Crippen LogP contribution in [0, 0.1) is 17.0 Å². The first-order valence-electron chi connectivity index (χ1n) is 7.68. The van der Waals surface area contributed by atoms with E-state index in [4.69, 9.17) is 0 Å². The number of thiazole rings is 1. The van der Waals surface area contributed by atoms with Crippen LogP contribution in [-0.4, -0.2) is 34.5 Å². The molecule has 0 saturated carbocycles. The van der Waals surface area contributed by atoms with Crippen molar-refractivity contribution in [2.45, 2.75) is 26.2 Å². The third kappa shape index (κ3) is 3.76. The normalized spacial score (nSPS) is 14.2. The Labute approximate surface area is 138 Å². The lowest BCUT2D eigenvalue weighted by molar-refractivity contribution is -0.385. The first kappa shape index (κ1) is 15.7. The Kier molecular flexibility index (Phi) is 4.71. The highest BCUT2D eigenvalue weighted by Gasteiger charge is 2.15. The summed E-state index contributed by atoms with van der Waals surface area (Å²) >= 11 is 1.70. The van der Waals surface area contributed by atoms with Crippen LogP contribution in [0.4, 0.5) is 16.6 Å². The van der Waals surface area contributed by atoms with Crippen LogP contribution in [0.3, 0.4) is 0 Å². The summed E-state index contributed by atoms with van der Waals surface area (Å²) in [4.78, 5) is 21.5. The van der Waals surface area contributed by atoms with Gasteiger partial charge in [-0.3, -0.25) is 10.1 Å². The summed E-state index contributed by atoms with van der Waals surface area (Å²) in [6.07, 6.45) is 4.61. The van der Waals surface area contributed by atoms with Gasteiger partial charge >= 0.3 is 0 Å². The zero-order valence-electron chi connectivity index (χ0n) is 13.0. The van der Waals surface area contributed by atoms with Crippen molar-refractivity contribution < 1.29 is 4.92 Å². The molecule has 0 atom stereocenters. The van der Waals surface area contributed by atoms with E-state index in [1.807, 2.05) is 0 Å². The second-order valence-corrected chi connectivity index (χ2v) is 6.44. The van der Waals surface area contributed by atoms with E-state index < -0.39 is 4.92 Å². The smallest absolute Gasteiger partial charge is 0.290 e. The number of nitrogens with zero attached hydrogens (tertiary/aromatic N) is 4. The van der Waals surface area contributed by atoms with Gasteiger partial charge in [0.1, 0.15) is 12.0 Å². The molecule has 1 saturated heterocycles. The molecule has 0 aliphatic carbocycles. The predicted molar refractivity (Wildman–Crippen MR) is 91.4 cm³/mol. The summed E-state index contributed by atoms with van der Waals surface area (Å²) in [7, 11) is 0. The lowest BCUT2D eigenvalue weighted by atomic mass is 10.2. The zero-order valence-corrected chi connectivity index (χ0v) is 13.8. The quantitative estimate of drug-likeness (QED) is 0.646. The Balaban J connectivity index is 1.53. The summed E-state index contributed by atoms with van der Waals surface area (Å²) in [5.74, 6) is 0.656. The van der Waals surface area contributed by atoms with Crippen LogP contribution < -0.4 is 10.2 Å². The number of nitrogens with one attached hydrogen (secondary N) is 1. The number of aryl methyl sites for hydroxylation is 1. The summed E-state index contributed by atoms with van der Waals surface area (Å²) in [6.45, 7) is 4.63. The minimum Gasteiger partial charge on any atom is -0.370 e. The number of pyridine rings is 1. The number of rotatable bonds is 6. The Bertz CT molecular complexity index is 697. The maximum atomic E-state index is 10.8. The Morgan fingerprint density at radius 1 is 1.43 bits per heavy atom. The standard InChI is InChI=1S/C15H19N5O2S/c1-11-8-14(17-9-13(11)20(21)22)16-5-4-12-10-23-15(18-12)19-6-2-3-7-19/h8-10H,2-7H2,1H3,(H,16,17). The van der Waals surface area contributed by atoms with Crippen molar-refractivity contribution in [2.24, 2.45) is 0 Å². The molecule has 1 aliphatic heterocycles. The van der Waals surface area contributed by atoms with Gasteiger partial charge < -0.3 is 10.2 Å². The minimum absolute atomic E-state index is 0.0466. The molecule has 0 amide bonds. The van der Waals surface area contributed by atoms with Crippen molar-refractivity contribution >= 4 is 28.0 Å². The maximum Gasteiger partial charge on any atom is 0.290 e. The van der Waals surface area contributed by atoms with Gasteiger partial charge in [-0.25, -0.2) is 9.97 Å².